The Morgan fingerprint density at radius 3 is 2.33 bits per heavy atom. The van der Waals surface area contributed by atoms with Crippen molar-refractivity contribution >= 4 is 40.8 Å². The van der Waals surface area contributed by atoms with E-state index in [4.69, 9.17) is 27.9 Å². The first-order valence-corrected chi connectivity index (χ1v) is 7.46. The molecular weight excluding hydrogens is 363 g/mol. The molecule has 0 unspecified atom stereocenters. The Kier molecular flexibility index (Phi) is 5.75. The molecule has 1 atom stereocenters. The molecule has 0 fully saturated rings. The number of rotatable bonds is 4. The van der Waals surface area contributed by atoms with Crippen LogP contribution in [-0.4, -0.2) is 18.0 Å². The van der Waals surface area contributed by atoms with Gasteiger partial charge in [0.1, 0.15) is 17.2 Å². The summed E-state index contributed by atoms with van der Waals surface area (Å²) in [6.07, 6.45) is -1.30. The van der Waals surface area contributed by atoms with Gasteiger partial charge in [0.15, 0.2) is 6.10 Å². The molecule has 0 spiro atoms. The van der Waals surface area contributed by atoms with E-state index in [1.807, 2.05) is 0 Å². The molecule has 4 nitrogen and oxygen atoms in total. The molecule has 0 saturated heterocycles. The lowest BCUT2D eigenvalue weighted by Gasteiger charge is -2.14. The third-order valence-corrected chi connectivity index (χ3v) is 3.56. The predicted octanol–water partition coefficient (Wildman–Crippen LogP) is 4.46. The van der Waals surface area contributed by atoms with Crippen LogP contribution in [0.25, 0.3) is 0 Å². The van der Waals surface area contributed by atoms with Crippen molar-refractivity contribution in [1.29, 1.82) is 0 Å². The van der Waals surface area contributed by atoms with Gasteiger partial charge in [-0.25, -0.2) is 13.6 Å². The van der Waals surface area contributed by atoms with E-state index in [1.54, 1.807) is 0 Å². The maximum atomic E-state index is 13.5. The van der Waals surface area contributed by atoms with E-state index in [2.05, 4.69) is 5.32 Å². The van der Waals surface area contributed by atoms with Crippen molar-refractivity contribution in [3.05, 3.63) is 63.6 Å². The molecular formula is C16H11Cl2F2NO3. The fourth-order valence-electron chi connectivity index (χ4n) is 1.79. The number of halogens is 4. The zero-order valence-corrected chi connectivity index (χ0v) is 13.8. The van der Waals surface area contributed by atoms with Gasteiger partial charge in [-0.15, -0.1) is 0 Å². The lowest BCUT2D eigenvalue weighted by molar-refractivity contribution is -0.123. The van der Waals surface area contributed by atoms with Crippen LogP contribution >= 0.6 is 23.2 Å². The topological polar surface area (TPSA) is 55.4 Å². The molecule has 0 bridgehead atoms. The summed E-state index contributed by atoms with van der Waals surface area (Å²) < 4.78 is 31.8. The Bertz CT molecular complexity index is 779. The summed E-state index contributed by atoms with van der Waals surface area (Å²) in [5.74, 6) is -4.15. The van der Waals surface area contributed by atoms with Gasteiger partial charge in [0.05, 0.1) is 10.7 Å². The number of esters is 1. The average Bonchev–Trinajstić information content (AvgIpc) is 2.49. The molecule has 126 valence electrons. The van der Waals surface area contributed by atoms with E-state index in [9.17, 15) is 18.4 Å². The van der Waals surface area contributed by atoms with E-state index in [0.717, 1.165) is 18.2 Å². The third kappa shape index (κ3) is 4.21. The third-order valence-electron chi connectivity index (χ3n) is 3.01. The van der Waals surface area contributed by atoms with Crippen LogP contribution in [0.2, 0.25) is 10.0 Å². The summed E-state index contributed by atoms with van der Waals surface area (Å²) >= 11 is 11.7. The van der Waals surface area contributed by atoms with E-state index < -0.39 is 35.2 Å². The molecule has 0 heterocycles. The standard InChI is InChI=1S/C16H11Cl2F2NO3/c1-8(15(22)21-13-6-5-9(17)7-10(13)18)24-16(23)14-11(19)3-2-4-12(14)20/h2-8H,1H3,(H,21,22)/t8-/m0/s1. The molecule has 0 aliphatic heterocycles. The summed E-state index contributed by atoms with van der Waals surface area (Å²) in [5.41, 5.74) is -0.604. The molecule has 0 saturated carbocycles. The van der Waals surface area contributed by atoms with Crippen LogP contribution < -0.4 is 5.32 Å². The summed E-state index contributed by atoms with van der Waals surface area (Å²) in [5, 5.41) is 3.00. The van der Waals surface area contributed by atoms with E-state index in [1.165, 1.54) is 25.1 Å². The molecule has 0 aromatic heterocycles. The zero-order chi connectivity index (χ0) is 17.9. The van der Waals surface area contributed by atoms with Gasteiger partial charge in [-0.2, -0.15) is 0 Å². The van der Waals surface area contributed by atoms with Crippen LogP contribution in [0.1, 0.15) is 17.3 Å². The fourth-order valence-corrected chi connectivity index (χ4v) is 2.25. The number of benzene rings is 2. The minimum absolute atomic E-state index is 0.189. The molecule has 8 heteroatoms. The van der Waals surface area contributed by atoms with Gasteiger partial charge in [0.25, 0.3) is 5.91 Å². The minimum Gasteiger partial charge on any atom is -0.449 e. The van der Waals surface area contributed by atoms with Crippen molar-refractivity contribution in [3.8, 4) is 0 Å². The number of hydrogen-bond donors (Lipinski definition) is 1. The lowest BCUT2D eigenvalue weighted by Crippen LogP contribution is -2.30. The summed E-state index contributed by atoms with van der Waals surface area (Å²) in [4.78, 5) is 23.9. The SMILES string of the molecule is C[C@H](OC(=O)c1c(F)cccc1F)C(=O)Nc1ccc(Cl)cc1Cl. The number of carbonyl (C=O) groups is 2. The quantitative estimate of drug-likeness (QED) is 0.805. The van der Waals surface area contributed by atoms with Gasteiger partial charge in [-0.05, 0) is 37.3 Å². The van der Waals surface area contributed by atoms with Gasteiger partial charge in [0, 0.05) is 5.02 Å². The maximum absolute atomic E-state index is 13.5. The molecule has 0 aliphatic carbocycles. The Balaban J connectivity index is 2.07. The molecule has 0 aliphatic rings. The van der Waals surface area contributed by atoms with Crippen molar-refractivity contribution in [2.24, 2.45) is 0 Å². The molecule has 2 aromatic carbocycles. The van der Waals surface area contributed by atoms with E-state index >= 15 is 0 Å². The highest BCUT2D eigenvalue weighted by molar-refractivity contribution is 6.36. The van der Waals surface area contributed by atoms with Gasteiger partial charge >= 0.3 is 5.97 Å². The van der Waals surface area contributed by atoms with Crippen LogP contribution in [0, 0.1) is 11.6 Å². The highest BCUT2D eigenvalue weighted by Crippen LogP contribution is 2.25. The second-order valence-electron chi connectivity index (χ2n) is 4.76. The van der Waals surface area contributed by atoms with Crippen LogP contribution in [0.15, 0.2) is 36.4 Å². The number of hydrogen-bond acceptors (Lipinski definition) is 3. The lowest BCUT2D eigenvalue weighted by atomic mass is 10.2. The summed E-state index contributed by atoms with van der Waals surface area (Å²) in [7, 11) is 0. The van der Waals surface area contributed by atoms with Crippen LogP contribution in [0.5, 0.6) is 0 Å². The van der Waals surface area contributed by atoms with Gasteiger partial charge in [-0.1, -0.05) is 29.3 Å². The van der Waals surface area contributed by atoms with Crippen LogP contribution in [0.3, 0.4) is 0 Å². The normalized spacial score (nSPS) is 11.7. The van der Waals surface area contributed by atoms with Crippen molar-refractivity contribution in [3.63, 3.8) is 0 Å². The number of nitrogens with one attached hydrogen (secondary N) is 1. The van der Waals surface area contributed by atoms with Gasteiger partial charge in [-0.3, -0.25) is 4.79 Å². The number of ether oxygens (including phenoxy) is 1. The first kappa shape index (κ1) is 18.2. The van der Waals surface area contributed by atoms with Crippen molar-refractivity contribution in [2.45, 2.75) is 13.0 Å². The number of carbonyl (C=O) groups excluding carboxylic acids is 2. The molecule has 2 rings (SSSR count). The molecule has 1 amide bonds. The minimum atomic E-state index is -1.30. The summed E-state index contributed by atoms with van der Waals surface area (Å²) in [6, 6.07) is 7.34. The smallest absolute Gasteiger partial charge is 0.344 e. The van der Waals surface area contributed by atoms with Gasteiger partial charge < -0.3 is 10.1 Å². The number of amides is 1. The highest BCUT2D eigenvalue weighted by atomic mass is 35.5. The summed E-state index contributed by atoms with van der Waals surface area (Å²) in [6.45, 7) is 1.26. The van der Waals surface area contributed by atoms with Crippen LogP contribution in [-0.2, 0) is 9.53 Å². The first-order valence-electron chi connectivity index (χ1n) is 6.70. The second kappa shape index (κ2) is 7.59. The molecule has 2 aromatic rings. The Morgan fingerprint density at radius 1 is 1.12 bits per heavy atom. The monoisotopic (exact) mass is 373 g/mol. The second-order valence-corrected chi connectivity index (χ2v) is 5.60. The zero-order valence-electron chi connectivity index (χ0n) is 12.3. The maximum Gasteiger partial charge on any atom is 0.344 e. The molecule has 1 N–H and O–H groups in total. The Hall–Kier alpha value is -2.18. The highest BCUT2D eigenvalue weighted by Gasteiger charge is 2.24. The average molecular weight is 374 g/mol. The predicted molar refractivity (Wildman–Crippen MR) is 86.3 cm³/mol. The van der Waals surface area contributed by atoms with Crippen LogP contribution in [0.4, 0.5) is 14.5 Å². The van der Waals surface area contributed by atoms with Crippen molar-refractivity contribution in [2.75, 3.05) is 5.32 Å². The Morgan fingerprint density at radius 2 is 1.75 bits per heavy atom. The fraction of sp³-hybridized carbons (Fsp3) is 0.125. The van der Waals surface area contributed by atoms with Crippen molar-refractivity contribution in [1.82, 2.24) is 0 Å². The largest absolute Gasteiger partial charge is 0.449 e. The van der Waals surface area contributed by atoms with Crippen molar-refractivity contribution < 1.29 is 23.1 Å². The van der Waals surface area contributed by atoms with Gasteiger partial charge in [0.2, 0.25) is 0 Å². The van der Waals surface area contributed by atoms with E-state index in [0.29, 0.717) is 5.02 Å². The molecule has 0 radical (unpaired) electrons. The first-order chi connectivity index (χ1) is 11.3. The van der Waals surface area contributed by atoms with E-state index in [-0.39, 0.29) is 10.7 Å². The number of anilines is 1. The Labute approximate surface area is 146 Å². The molecule has 24 heavy (non-hydrogen) atoms.